The van der Waals surface area contributed by atoms with Crippen LogP contribution in [-0.2, 0) is 9.53 Å². The molecule has 0 fully saturated rings. The summed E-state index contributed by atoms with van der Waals surface area (Å²) in [7, 11) is 1.21. The number of esters is 1. The van der Waals surface area contributed by atoms with Gasteiger partial charge in [0.15, 0.2) is 6.61 Å². The van der Waals surface area contributed by atoms with Crippen LogP contribution in [0.15, 0.2) is 54.6 Å². The molecule has 7 nitrogen and oxygen atoms in total. The van der Waals surface area contributed by atoms with Gasteiger partial charge in [0.1, 0.15) is 16.6 Å². The molecule has 0 bridgehead atoms. The van der Waals surface area contributed by atoms with Crippen LogP contribution in [0.25, 0.3) is 0 Å². The first-order valence-electron chi connectivity index (χ1n) is 9.15. The van der Waals surface area contributed by atoms with E-state index in [-0.39, 0.29) is 22.0 Å². The number of thiophene rings is 1. The predicted octanol–water partition coefficient (Wildman–Crippen LogP) is 4.25. The minimum atomic E-state index is -0.686. The lowest BCUT2D eigenvalue weighted by Gasteiger charge is -2.07. The summed E-state index contributed by atoms with van der Waals surface area (Å²) < 4.78 is 23.3. The van der Waals surface area contributed by atoms with Gasteiger partial charge in [0.05, 0.1) is 17.6 Å². The van der Waals surface area contributed by atoms with Gasteiger partial charge in [-0.2, -0.15) is 0 Å². The number of carbonyl (C=O) groups excluding carboxylic acids is 3. The highest BCUT2D eigenvalue weighted by molar-refractivity contribution is 7.18. The first-order valence-corrected chi connectivity index (χ1v) is 9.97. The summed E-state index contributed by atoms with van der Waals surface area (Å²) in [5.74, 6) is -1.59. The predicted molar refractivity (Wildman–Crippen MR) is 115 cm³/mol. The van der Waals surface area contributed by atoms with Crippen molar-refractivity contribution in [1.29, 1.82) is 0 Å². The fourth-order valence-corrected chi connectivity index (χ4v) is 3.82. The van der Waals surface area contributed by atoms with Crippen molar-refractivity contribution in [2.75, 3.05) is 24.4 Å². The third kappa shape index (κ3) is 5.46. The SMILES string of the molecule is COC(=O)c1c(NC(=O)COc2ccccc2)sc(C(=O)Nc2ccc(F)cc2)c1C. The molecule has 31 heavy (non-hydrogen) atoms. The number of amides is 2. The number of halogens is 1. The molecule has 0 spiro atoms. The zero-order valence-electron chi connectivity index (χ0n) is 16.7. The Hall–Kier alpha value is -3.72. The Bertz CT molecular complexity index is 1100. The van der Waals surface area contributed by atoms with Crippen LogP contribution in [0.4, 0.5) is 15.1 Å². The fraction of sp³-hybridized carbons (Fsp3) is 0.136. The van der Waals surface area contributed by atoms with Gasteiger partial charge in [-0.05, 0) is 48.9 Å². The quantitative estimate of drug-likeness (QED) is 0.534. The van der Waals surface area contributed by atoms with Crippen molar-refractivity contribution < 1.29 is 28.2 Å². The molecular formula is C22H19FN2O5S. The number of ether oxygens (including phenoxy) is 2. The van der Waals surface area contributed by atoms with E-state index in [0.29, 0.717) is 17.0 Å². The second kappa shape index (κ2) is 9.86. The number of anilines is 2. The van der Waals surface area contributed by atoms with E-state index in [4.69, 9.17) is 9.47 Å². The standard InChI is InChI=1S/C22H19FN2O5S/c1-13-18(22(28)29-2)21(25-17(26)12-30-16-6-4-3-5-7-16)31-19(13)20(27)24-15-10-8-14(23)9-11-15/h3-11H,12H2,1-2H3,(H,24,27)(H,25,26). The second-order valence-corrected chi connectivity index (χ2v) is 7.38. The lowest BCUT2D eigenvalue weighted by atomic mass is 10.1. The van der Waals surface area contributed by atoms with Crippen LogP contribution in [0.1, 0.15) is 25.6 Å². The van der Waals surface area contributed by atoms with Gasteiger partial charge < -0.3 is 20.1 Å². The lowest BCUT2D eigenvalue weighted by molar-refractivity contribution is -0.118. The average molecular weight is 442 g/mol. The molecule has 0 atom stereocenters. The third-order valence-corrected chi connectivity index (χ3v) is 5.42. The second-order valence-electron chi connectivity index (χ2n) is 6.36. The number of nitrogens with one attached hydrogen (secondary N) is 2. The molecule has 1 aromatic heterocycles. The van der Waals surface area contributed by atoms with Gasteiger partial charge in [-0.3, -0.25) is 9.59 Å². The van der Waals surface area contributed by atoms with Gasteiger partial charge in [0, 0.05) is 5.69 Å². The topological polar surface area (TPSA) is 93.7 Å². The molecule has 0 unspecified atom stereocenters. The summed E-state index contributed by atoms with van der Waals surface area (Å²) in [4.78, 5) is 37.5. The third-order valence-electron chi connectivity index (χ3n) is 4.21. The Kier molecular flexibility index (Phi) is 6.99. The highest BCUT2D eigenvalue weighted by Crippen LogP contribution is 2.34. The van der Waals surface area contributed by atoms with Crippen LogP contribution in [-0.4, -0.2) is 31.5 Å². The molecule has 2 amide bonds. The van der Waals surface area contributed by atoms with Gasteiger partial charge in [0.2, 0.25) is 0 Å². The molecule has 3 aromatic rings. The number of hydrogen-bond acceptors (Lipinski definition) is 6. The summed E-state index contributed by atoms with van der Waals surface area (Å²) in [6.45, 7) is 1.30. The number of carbonyl (C=O) groups is 3. The van der Waals surface area contributed by atoms with E-state index in [9.17, 15) is 18.8 Å². The first kappa shape index (κ1) is 22.0. The van der Waals surface area contributed by atoms with Crippen molar-refractivity contribution in [2.24, 2.45) is 0 Å². The summed E-state index contributed by atoms with van der Waals surface area (Å²) in [6, 6.07) is 14.1. The van der Waals surface area contributed by atoms with Crippen molar-refractivity contribution in [1.82, 2.24) is 0 Å². The monoisotopic (exact) mass is 442 g/mol. The van der Waals surface area contributed by atoms with Crippen LogP contribution in [0.5, 0.6) is 5.75 Å². The van der Waals surface area contributed by atoms with Crippen molar-refractivity contribution in [3.05, 3.63) is 76.4 Å². The van der Waals surface area contributed by atoms with E-state index in [1.165, 1.54) is 31.4 Å². The normalized spacial score (nSPS) is 10.3. The summed E-state index contributed by atoms with van der Waals surface area (Å²) in [5, 5.41) is 5.42. The molecule has 0 aliphatic rings. The lowest BCUT2D eigenvalue weighted by Crippen LogP contribution is -2.21. The molecule has 9 heteroatoms. The van der Waals surface area contributed by atoms with Crippen molar-refractivity contribution in [3.63, 3.8) is 0 Å². The molecule has 0 saturated carbocycles. The van der Waals surface area contributed by atoms with E-state index in [0.717, 1.165) is 11.3 Å². The molecule has 0 radical (unpaired) electrons. The molecule has 0 aliphatic heterocycles. The van der Waals surface area contributed by atoms with Gasteiger partial charge in [0.25, 0.3) is 11.8 Å². The Morgan fingerprint density at radius 2 is 1.68 bits per heavy atom. The maximum Gasteiger partial charge on any atom is 0.341 e. The van der Waals surface area contributed by atoms with Crippen molar-refractivity contribution in [3.8, 4) is 5.75 Å². The zero-order valence-corrected chi connectivity index (χ0v) is 17.5. The number of hydrogen-bond donors (Lipinski definition) is 2. The van der Waals surface area contributed by atoms with Crippen LogP contribution in [0, 0.1) is 12.7 Å². The average Bonchev–Trinajstić information content (AvgIpc) is 3.09. The van der Waals surface area contributed by atoms with Crippen LogP contribution in [0.3, 0.4) is 0 Å². The summed E-state index contributed by atoms with van der Waals surface area (Å²) in [5.41, 5.74) is 0.834. The molecule has 2 N–H and O–H groups in total. The Morgan fingerprint density at radius 1 is 1.00 bits per heavy atom. The minimum Gasteiger partial charge on any atom is -0.484 e. The number of methoxy groups -OCH3 is 1. The Labute approximate surface area is 181 Å². The van der Waals surface area contributed by atoms with Crippen LogP contribution >= 0.6 is 11.3 Å². The molecule has 2 aromatic carbocycles. The smallest absolute Gasteiger partial charge is 0.341 e. The summed E-state index contributed by atoms with van der Waals surface area (Å²) >= 11 is 0.936. The van der Waals surface area contributed by atoms with Gasteiger partial charge in [-0.25, -0.2) is 9.18 Å². The molecule has 0 aliphatic carbocycles. The van der Waals surface area contributed by atoms with Gasteiger partial charge in [-0.1, -0.05) is 18.2 Å². The van der Waals surface area contributed by atoms with Gasteiger partial charge >= 0.3 is 5.97 Å². The van der Waals surface area contributed by atoms with E-state index in [2.05, 4.69) is 10.6 Å². The van der Waals surface area contributed by atoms with Crippen LogP contribution in [0.2, 0.25) is 0 Å². The molecule has 3 rings (SSSR count). The maximum atomic E-state index is 13.1. The van der Waals surface area contributed by atoms with E-state index < -0.39 is 23.6 Å². The van der Waals surface area contributed by atoms with E-state index in [1.807, 2.05) is 6.07 Å². The van der Waals surface area contributed by atoms with E-state index in [1.54, 1.807) is 31.2 Å². The molecule has 0 saturated heterocycles. The van der Waals surface area contributed by atoms with Crippen molar-refractivity contribution >= 4 is 39.8 Å². The highest BCUT2D eigenvalue weighted by atomic mass is 32.1. The van der Waals surface area contributed by atoms with Gasteiger partial charge in [-0.15, -0.1) is 11.3 Å². The maximum absolute atomic E-state index is 13.1. The van der Waals surface area contributed by atoms with Crippen LogP contribution < -0.4 is 15.4 Å². The number of para-hydroxylation sites is 1. The summed E-state index contributed by atoms with van der Waals surface area (Å²) in [6.07, 6.45) is 0. The Morgan fingerprint density at radius 3 is 2.32 bits per heavy atom. The molecule has 160 valence electrons. The largest absolute Gasteiger partial charge is 0.484 e. The fourth-order valence-electron chi connectivity index (χ4n) is 2.72. The minimum absolute atomic E-state index is 0.0878. The molecular weight excluding hydrogens is 423 g/mol. The Balaban J connectivity index is 1.79. The highest BCUT2D eigenvalue weighted by Gasteiger charge is 2.26. The zero-order chi connectivity index (χ0) is 22.4. The number of benzene rings is 2. The molecule has 1 heterocycles. The first-order chi connectivity index (χ1) is 14.9. The number of rotatable bonds is 7. The van der Waals surface area contributed by atoms with Crippen molar-refractivity contribution in [2.45, 2.75) is 6.92 Å². The van der Waals surface area contributed by atoms with E-state index >= 15 is 0 Å².